The third-order valence-corrected chi connectivity index (χ3v) is 2.58. The molecule has 0 aliphatic rings. The normalized spacial score (nSPS) is 9.47. The van der Waals surface area contributed by atoms with Crippen LogP contribution in [-0.2, 0) is 17.1 Å². The van der Waals surface area contributed by atoms with Crippen LogP contribution in [0.1, 0.15) is 20.7 Å². The second kappa shape index (κ2) is 6.18. The first-order valence-electron chi connectivity index (χ1n) is 5.22. The van der Waals surface area contributed by atoms with Crippen molar-refractivity contribution in [2.45, 2.75) is 0 Å². The molecule has 19 heavy (non-hydrogen) atoms. The summed E-state index contributed by atoms with van der Waals surface area (Å²) in [6.07, 6.45) is 0. The summed E-state index contributed by atoms with van der Waals surface area (Å²) in [5, 5.41) is 22.0. The maximum atomic E-state index is 11.0. The number of hydrogen-bond donors (Lipinski definition) is 0. The van der Waals surface area contributed by atoms with E-state index in [1.165, 1.54) is 24.3 Å². The third kappa shape index (κ3) is 3.02. The van der Waals surface area contributed by atoms with Gasteiger partial charge in [-0.05, 0) is 11.1 Å². The quantitative estimate of drug-likeness (QED) is 0.752. The van der Waals surface area contributed by atoms with Crippen LogP contribution in [0.15, 0.2) is 48.5 Å². The fraction of sp³-hybridized carbons (Fsp3) is 0. The summed E-state index contributed by atoms with van der Waals surface area (Å²) >= 11 is 0. The van der Waals surface area contributed by atoms with Crippen LogP contribution in [0.5, 0.6) is 0 Å². The maximum absolute atomic E-state index is 11.0. The summed E-state index contributed by atoms with van der Waals surface area (Å²) in [5.74, 6) is -2.70. The summed E-state index contributed by atoms with van der Waals surface area (Å²) < 4.78 is 0. The Morgan fingerprint density at radius 1 is 0.684 bits per heavy atom. The van der Waals surface area contributed by atoms with E-state index in [9.17, 15) is 19.8 Å². The Hall–Kier alpha value is -2.10. The van der Waals surface area contributed by atoms with Gasteiger partial charge in [0.25, 0.3) is 0 Å². The molecule has 0 saturated carbocycles. The standard InChI is InChI=1S/C14H10O4.Cu/c15-13(16)11-7-3-1-5-9(11)10-6-2-4-8-12(10)14(17)18;/h1-8H,(H,15,16)(H,17,18);/q;+2/p-2. The molecule has 0 aliphatic heterocycles. The average molecular weight is 304 g/mol. The third-order valence-electron chi connectivity index (χ3n) is 2.58. The number of rotatable bonds is 3. The fourth-order valence-electron chi connectivity index (χ4n) is 1.79. The maximum Gasteiger partial charge on any atom is 2.00 e. The first-order chi connectivity index (χ1) is 8.61. The molecule has 2 aromatic rings. The zero-order valence-electron chi connectivity index (χ0n) is 9.55. The van der Waals surface area contributed by atoms with Crippen LogP contribution >= 0.6 is 0 Å². The minimum Gasteiger partial charge on any atom is -0.545 e. The van der Waals surface area contributed by atoms with E-state index in [0.29, 0.717) is 11.1 Å². The Morgan fingerprint density at radius 2 is 1.00 bits per heavy atom. The van der Waals surface area contributed by atoms with Gasteiger partial charge < -0.3 is 19.8 Å². The van der Waals surface area contributed by atoms with Crippen molar-refractivity contribution in [3.05, 3.63) is 59.7 Å². The minimum absolute atomic E-state index is 0. The van der Waals surface area contributed by atoms with E-state index in [-0.39, 0.29) is 28.2 Å². The molecule has 0 fully saturated rings. The van der Waals surface area contributed by atoms with Gasteiger partial charge in [-0.2, -0.15) is 0 Å². The van der Waals surface area contributed by atoms with Crippen molar-refractivity contribution in [1.29, 1.82) is 0 Å². The van der Waals surface area contributed by atoms with Crippen LogP contribution in [0, 0.1) is 0 Å². The van der Waals surface area contributed by atoms with Gasteiger partial charge in [0.2, 0.25) is 0 Å². The van der Waals surface area contributed by atoms with E-state index < -0.39 is 11.9 Å². The monoisotopic (exact) mass is 303 g/mol. The van der Waals surface area contributed by atoms with Crippen molar-refractivity contribution in [3.63, 3.8) is 0 Å². The number of carbonyl (C=O) groups excluding carboxylic acids is 2. The van der Waals surface area contributed by atoms with Crippen LogP contribution in [0.25, 0.3) is 11.1 Å². The molecule has 1 radical (unpaired) electrons. The predicted octanol–water partition coefficient (Wildman–Crippen LogP) is 0.0781. The van der Waals surface area contributed by atoms with Crippen LogP contribution in [0.2, 0.25) is 0 Å². The smallest absolute Gasteiger partial charge is 0.545 e. The van der Waals surface area contributed by atoms with Gasteiger partial charge in [0.05, 0.1) is 11.9 Å². The van der Waals surface area contributed by atoms with E-state index in [2.05, 4.69) is 0 Å². The van der Waals surface area contributed by atoms with Crippen molar-refractivity contribution in [2.24, 2.45) is 0 Å². The number of carboxylic acids is 2. The summed E-state index contributed by atoms with van der Waals surface area (Å²) in [6, 6.07) is 12.2. The Kier molecular flexibility index (Phi) is 4.87. The first-order valence-corrected chi connectivity index (χ1v) is 5.22. The minimum atomic E-state index is -1.35. The molecule has 2 rings (SSSR count). The van der Waals surface area contributed by atoms with Gasteiger partial charge in [-0.1, -0.05) is 48.5 Å². The molecule has 0 N–H and O–H groups in total. The number of carbonyl (C=O) groups is 2. The van der Waals surface area contributed by atoms with Crippen molar-refractivity contribution < 1.29 is 36.9 Å². The fourth-order valence-corrected chi connectivity index (χ4v) is 1.79. The molecule has 99 valence electrons. The van der Waals surface area contributed by atoms with Gasteiger partial charge in [0.1, 0.15) is 0 Å². The van der Waals surface area contributed by atoms with Gasteiger partial charge in [-0.25, -0.2) is 0 Å². The van der Waals surface area contributed by atoms with Crippen LogP contribution in [0.4, 0.5) is 0 Å². The zero-order valence-corrected chi connectivity index (χ0v) is 10.5. The van der Waals surface area contributed by atoms with Crippen molar-refractivity contribution in [3.8, 4) is 11.1 Å². The molecule has 0 saturated heterocycles. The molecule has 0 bridgehead atoms. The van der Waals surface area contributed by atoms with Gasteiger partial charge in [0.15, 0.2) is 0 Å². The van der Waals surface area contributed by atoms with Crippen molar-refractivity contribution in [2.75, 3.05) is 0 Å². The number of hydrogen-bond acceptors (Lipinski definition) is 4. The summed E-state index contributed by atoms with van der Waals surface area (Å²) in [7, 11) is 0. The van der Waals surface area contributed by atoms with Crippen molar-refractivity contribution >= 4 is 11.9 Å². The topological polar surface area (TPSA) is 80.3 Å². The summed E-state index contributed by atoms with van der Waals surface area (Å²) in [5.41, 5.74) is 0.506. The molecular formula is C14H8CuO4. The Bertz CT molecular complexity index is 567. The predicted molar refractivity (Wildman–Crippen MR) is 60.5 cm³/mol. The molecule has 0 amide bonds. The van der Waals surface area contributed by atoms with E-state index >= 15 is 0 Å². The van der Waals surface area contributed by atoms with Crippen LogP contribution in [0.3, 0.4) is 0 Å². The van der Waals surface area contributed by atoms with E-state index in [1.807, 2.05) is 0 Å². The van der Waals surface area contributed by atoms with E-state index in [0.717, 1.165) is 0 Å². The molecule has 0 unspecified atom stereocenters. The van der Waals surface area contributed by atoms with Gasteiger partial charge in [0, 0.05) is 11.1 Å². The van der Waals surface area contributed by atoms with Gasteiger partial charge in [-0.15, -0.1) is 0 Å². The number of carboxylic acid groups (broad SMARTS) is 2. The number of aromatic carboxylic acids is 2. The largest absolute Gasteiger partial charge is 2.00 e. The van der Waals surface area contributed by atoms with Gasteiger partial charge in [-0.3, -0.25) is 0 Å². The van der Waals surface area contributed by atoms with Crippen LogP contribution in [-0.4, -0.2) is 11.9 Å². The van der Waals surface area contributed by atoms with E-state index in [4.69, 9.17) is 0 Å². The second-order valence-corrected chi connectivity index (χ2v) is 3.67. The molecule has 0 spiro atoms. The molecule has 0 heterocycles. The second-order valence-electron chi connectivity index (χ2n) is 3.67. The molecule has 0 atom stereocenters. The first kappa shape index (κ1) is 15.0. The molecular weight excluding hydrogens is 296 g/mol. The Morgan fingerprint density at radius 3 is 1.32 bits per heavy atom. The van der Waals surface area contributed by atoms with Crippen LogP contribution < -0.4 is 10.2 Å². The van der Waals surface area contributed by atoms with Gasteiger partial charge >= 0.3 is 17.1 Å². The molecule has 0 aliphatic carbocycles. The SMILES string of the molecule is O=C([O-])c1ccccc1-c1ccccc1C(=O)[O-].[Cu+2]. The molecule has 2 aromatic carbocycles. The molecule has 5 heteroatoms. The number of benzene rings is 2. The molecule has 4 nitrogen and oxygen atoms in total. The molecule has 0 aromatic heterocycles. The Labute approximate surface area is 120 Å². The summed E-state index contributed by atoms with van der Waals surface area (Å²) in [4.78, 5) is 22.0. The zero-order chi connectivity index (χ0) is 13.1. The average Bonchev–Trinajstić information content (AvgIpc) is 2.38. The van der Waals surface area contributed by atoms with E-state index in [1.54, 1.807) is 24.3 Å². The van der Waals surface area contributed by atoms with Crippen molar-refractivity contribution in [1.82, 2.24) is 0 Å². The Balaban J connectivity index is 0.00000180. The summed E-state index contributed by atoms with van der Waals surface area (Å²) in [6.45, 7) is 0.